The van der Waals surface area contributed by atoms with Crippen molar-refractivity contribution in [2.45, 2.75) is 0 Å². The van der Waals surface area contributed by atoms with Crippen molar-refractivity contribution in [3.05, 3.63) is 75.4 Å². The number of benzene rings is 2. The van der Waals surface area contributed by atoms with Crippen LogP contribution in [0.15, 0.2) is 59.7 Å². The van der Waals surface area contributed by atoms with Crippen LogP contribution in [0, 0.1) is 10.1 Å². The Kier molecular flexibility index (Phi) is 5.35. The lowest BCUT2D eigenvalue weighted by atomic mass is 10.2. The van der Waals surface area contributed by atoms with Gasteiger partial charge in [-0.3, -0.25) is 15.5 Å². The highest BCUT2D eigenvalue weighted by Gasteiger charge is 2.05. The van der Waals surface area contributed by atoms with Crippen LogP contribution < -0.4 is 10.7 Å². The Hall–Kier alpha value is -3.10. The maximum atomic E-state index is 10.6. The van der Waals surface area contributed by atoms with Gasteiger partial charge in [-0.1, -0.05) is 29.8 Å². The van der Waals surface area contributed by atoms with Gasteiger partial charge in [0.15, 0.2) is 5.11 Å². The van der Waals surface area contributed by atoms with Gasteiger partial charge in [-0.05, 0) is 36.5 Å². The minimum Gasteiger partial charge on any atom is -0.331 e. The van der Waals surface area contributed by atoms with E-state index in [-0.39, 0.29) is 10.8 Å². The third-order valence-corrected chi connectivity index (χ3v) is 3.91. The van der Waals surface area contributed by atoms with Crippen LogP contribution in [0.25, 0.3) is 10.9 Å². The van der Waals surface area contributed by atoms with Gasteiger partial charge in [0.2, 0.25) is 0 Å². The summed E-state index contributed by atoms with van der Waals surface area (Å²) in [6.45, 7) is 0. The molecule has 0 fully saturated rings. The SMILES string of the molecule is O=[N+]([O-])c1ccc(NC(=S)N/N=C/c2cc3ccccc3nc2Cl)cc1. The fraction of sp³-hybridized carbons (Fsp3) is 0. The Balaban J connectivity index is 1.63. The second-order valence-electron chi connectivity index (χ2n) is 5.19. The van der Waals surface area contributed by atoms with E-state index in [2.05, 4.69) is 20.8 Å². The second kappa shape index (κ2) is 7.85. The molecule has 1 heterocycles. The molecule has 3 rings (SSSR count). The number of nitro groups is 1. The largest absolute Gasteiger partial charge is 0.331 e. The number of hydrogen-bond acceptors (Lipinski definition) is 5. The molecule has 0 spiro atoms. The molecule has 1 aromatic heterocycles. The van der Waals surface area contributed by atoms with Crippen molar-refractivity contribution in [3.8, 4) is 0 Å². The number of fused-ring (bicyclic) bond motifs is 1. The van der Waals surface area contributed by atoms with Crippen molar-refractivity contribution < 1.29 is 4.92 Å². The molecular formula is C17H12ClN5O2S. The van der Waals surface area contributed by atoms with Gasteiger partial charge in [0.1, 0.15) is 5.15 Å². The van der Waals surface area contributed by atoms with Gasteiger partial charge in [0.25, 0.3) is 5.69 Å². The summed E-state index contributed by atoms with van der Waals surface area (Å²) in [7, 11) is 0. The molecule has 130 valence electrons. The Bertz CT molecular complexity index is 1010. The minimum atomic E-state index is -0.466. The van der Waals surface area contributed by atoms with Crippen molar-refractivity contribution >= 4 is 57.4 Å². The standard InChI is InChI=1S/C17H12ClN5O2S/c18-16-12(9-11-3-1-2-4-15(11)21-16)10-19-22-17(26)20-13-5-7-14(8-6-13)23(24)25/h1-10H,(H2,20,22,26)/b19-10+. The van der Waals surface area contributed by atoms with E-state index >= 15 is 0 Å². The van der Waals surface area contributed by atoms with E-state index < -0.39 is 4.92 Å². The number of hydrogen-bond donors (Lipinski definition) is 2. The molecule has 9 heteroatoms. The number of pyridine rings is 1. The highest BCUT2D eigenvalue weighted by molar-refractivity contribution is 7.80. The first-order chi connectivity index (χ1) is 12.5. The number of aromatic nitrogens is 1. The van der Waals surface area contributed by atoms with Gasteiger partial charge in [-0.25, -0.2) is 4.98 Å². The minimum absolute atomic E-state index is 0.00546. The first kappa shape index (κ1) is 17.7. The monoisotopic (exact) mass is 385 g/mol. The molecule has 0 aliphatic carbocycles. The number of hydrazone groups is 1. The maximum absolute atomic E-state index is 10.6. The van der Waals surface area contributed by atoms with Crippen LogP contribution in [-0.2, 0) is 0 Å². The number of anilines is 1. The number of rotatable bonds is 4. The zero-order chi connectivity index (χ0) is 18.5. The molecule has 0 aliphatic heterocycles. The fourth-order valence-electron chi connectivity index (χ4n) is 2.19. The highest BCUT2D eigenvalue weighted by Crippen LogP contribution is 2.19. The molecular weight excluding hydrogens is 374 g/mol. The lowest BCUT2D eigenvalue weighted by Crippen LogP contribution is -2.23. The van der Waals surface area contributed by atoms with Crippen LogP contribution in [-0.4, -0.2) is 21.2 Å². The van der Waals surface area contributed by atoms with Gasteiger partial charge in [-0.2, -0.15) is 5.10 Å². The fourth-order valence-corrected chi connectivity index (χ4v) is 2.55. The number of thiocarbonyl (C=S) groups is 1. The van der Waals surface area contributed by atoms with E-state index in [1.165, 1.54) is 18.3 Å². The van der Waals surface area contributed by atoms with Crippen LogP contribution in [0.1, 0.15) is 5.56 Å². The Labute approximate surface area is 158 Å². The molecule has 0 bridgehead atoms. The van der Waals surface area contributed by atoms with E-state index in [1.807, 2.05) is 30.3 Å². The number of nitro benzene ring substituents is 1. The van der Waals surface area contributed by atoms with Crippen molar-refractivity contribution in [1.82, 2.24) is 10.4 Å². The normalized spacial score (nSPS) is 10.8. The summed E-state index contributed by atoms with van der Waals surface area (Å²) in [5.74, 6) is 0. The summed E-state index contributed by atoms with van der Waals surface area (Å²) >= 11 is 11.3. The number of halogens is 1. The van der Waals surface area contributed by atoms with Gasteiger partial charge >= 0.3 is 0 Å². The van der Waals surface area contributed by atoms with Crippen LogP contribution in [0.2, 0.25) is 5.15 Å². The topological polar surface area (TPSA) is 92.5 Å². The molecule has 0 saturated carbocycles. The molecule has 2 aromatic carbocycles. The van der Waals surface area contributed by atoms with Gasteiger partial charge < -0.3 is 5.32 Å². The number of nitrogens with one attached hydrogen (secondary N) is 2. The number of non-ortho nitro benzene ring substituents is 1. The molecule has 26 heavy (non-hydrogen) atoms. The van der Waals surface area contributed by atoms with E-state index in [1.54, 1.807) is 12.1 Å². The van der Waals surface area contributed by atoms with Crippen molar-refractivity contribution in [3.63, 3.8) is 0 Å². The Morgan fingerprint density at radius 1 is 1.23 bits per heavy atom. The maximum Gasteiger partial charge on any atom is 0.269 e. The average Bonchev–Trinajstić information content (AvgIpc) is 2.62. The first-order valence-electron chi connectivity index (χ1n) is 7.43. The summed E-state index contributed by atoms with van der Waals surface area (Å²) < 4.78 is 0. The summed E-state index contributed by atoms with van der Waals surface area (Å²) in [5, 5.41) is 19.1. The quantitative estimate of drug-likeness (QED) is 0.231. The molecule has 0 radical (unpaired) electrons. The molecule has 0 atom stereocenters. The molecule has 3 aromatic rings. The van der Waals surface area contributed by atoms with E-state index in [0.717, 1.165) is 10.9 Å². The zero-order valence-corrected chi connectivity index (χ0v) is 14.8. The average molecular weight is 386 g/mol. The van der Waals surface area contributed by atoms with Gasteiger partial charge in [0.05, 0.1) is 16.7 Å². The lowest BCUT2D eigenvalue weighted by molar-refractivity contribution is -0.384. The molecule has 2 N–H and O–H groups in total. The second-order valence-corrected chi connectivity index (χ2v) is 5.96. The van der Waals surface area contributed by atoms with Crippen LogP contribution >= 0.6 is 23.8 Å². The highest BCUT2D eigenvalue weighted by atomic mass is 35.5. The number of nitrogens with zero attached hydrogens (tertiary/aromatic N) is 3. The molecule has 0 amide bonds. The predicted octanol–water partition coefficient (Wildman–Crippen LogP) is 4.12. The lowest BCUT2D eigenvalue weighted by Gasteiger charge is -2.06. The van der Waals surface area contributed by atoms with Crippen LogP contribution in [0.4, 0.5) is 11.4 Å². The third-order valence-electron chi connectivity index (χ3n) is 3.41. The first-order valence-corrected chi connectivity index (χ1v) is 8.21. The van der Waals surface area contributed by atoms with Crippen molar-refractivity contribution in [2.75, 3.05) is 5.32 Å². The number of para-hydroxylation sites is 1. The summed E-state index contributed by atoms with van der Waals surface area (Å²) in [6.07, 6.45) is 1.52. The molecule has 0 aliphatic rings. The summed E-state index contributed by atoms with van der Waals surface area (Å²) in [6, 6.07) is 15.4. The van der Waals surface area contributed by atoms with E-state index in [9.17, 15) is 10.1 Å². The van der Waals surface area contributed by atoms with Crippen LogP contribution in [0.3, 0.4) is 0 Å². The molecule has 0 unspecified atom stereocenters. The van der Waals surface area contributed by atoms with E-state index in [4.69, 9.17) is 23.8 Å². The van der Waals surface area contributed by atoms with Crippen molar-refractivity contribution in [1.29, 1.82) is 0 Å². The Morgan fingerprint density at radius 2 is 1.96 bits per heavy atom. The smallest absolute Gasteiger partial charge is 0.269 e. The zero-order valence-electron chi connectivity index (χ0n) is 13.2. The Morgan fingerprint density at radius 3 is 2.69 bits per heavy atom. The van der Waals surface area contributed by atoms with Crippen molar-refractivity contribution in [2.24, 2.45) is 5.10 Å². The van der Waals surface area contributed by atoms with Gasteiger partial charge in [-0.15, -0.1) is 0 Å². The molecule has 0 saturated heterocycles. The van der Waals surface area contributed by atoms with Gasteiger partial charge in [0, 0.05) is 28.8 Å². The summed E-state index contributed by atoms with van der Waals surface area (Å²) in [5.41, 5.74) is 4.73. The van der Waals surface area contributed by atoms with Crippen LogP contribution in [0.5, 0.6) is 0 Å². The predicted molar refractivity (Wildman–Crippen MR) is 107 cm³/mol. The third kappa shape index (κ3) is 4.29. The molecule has 7 nitrogen and oxygen atoms in total. The summed E-state index contributed by atoms with van der Waals surface area (Å²) in [4.78, 5) is 14.5. The van der Waals surface area contributed by atoms with E-state index in [0.29, 0.717) is 16.4 Å².